The van der Waals surface area contributed by atoms with E-state index in [0.717, 1.165) is 12.0 Å². The van der Waals surface area contributed by atoms with Gasteiger partial charge in [0.2, 0.25) is 0 Å². The molecular formula is C15H17ClN2O2S. The van der Waals surface area contributed by atoms with E-state index in [-0.39, 0.29) is 5.91 Å². The molecule has 0 unspecified atom stereocenters. The van der Waals surface area contributed by atoms with E-state index in [2.05, 4.69) is 5.32 Å². The van der Waals surface area contributed by atoms with Gasteiger partial charge in [-0.15, -0.1) is 0 Å². The van der Waals surface area contributed by atoms with E-state index in [1.54, 1.807) is 17.0 Å². The molecule has 1 aromatic carbocycles. The molecule has 1 aliphatic rings. The molecule has 0 aliphatic carbocycles. The van der Waals surface area contributed by atoms with Gasteiger partial charge in [0.05, 0.1) is 0 Å². The van der Waals surface area contributed by atoms with Gasteiger partial charge in [0.25, 0.3) is 5.91 Å². The monoisotopic (exact) mass is 324 g/mol. The van der Waals surface area contributed by atoms with E-state index in [1.807, 2.05) is 25.1 Å². The average molecular weight is 325 g/mol. The third-order valence-electron chi connectivity index (χ3n) is 3.04. The van der Waals surface area contributed by atoms with Crippen LogP contribution in [0, 0.1) is 0 Å². The van der Waals surface area contributed by atoms with E-state index < -0.39 is 0 Å². The molecule has 0 aromatic heterocycles. The smallest absolute Gasteiger partial charge is 0.276 e. The maximum Gasteiger partial charge on any atom is 0.276 e. The third kappa shape index (κ3) is 4.03. The highest BCUT2D eigenvalue weighted by molar-refractivity contribution is 7.80. The van der Waals surface area contributed by atoms with Gasteiger partial charge in [0.15, 0.2) is 5.11 Å². The molecule has 4 nitrogen and oxygen atoms in total. The number of halogens is 1. The van der Waals surface area contributed by atoms with Crippen LogP contribution in [-0.4, -0.2) is 35.7 Å². The number of hydrogen-bond donors (Lipinski definition) is 1. The molecule has 1 heterocycles. The zero-order chi connectivity index (χ0) is 15.2. The van der Waals surface area contributed by atoms with Crippen LogP contribution in [-0.2, 0) is 9.53 Å². The van der Waals surface area contributed by atoms with Crippen molar-refractivity contribution < 1.29 is 9.53 Å². The van der Waals surface area contributed by atoms with Crippen LogP contribution in [0.4, 0.5) is 0 Å². The van der Waals surface area contributed by atoms with Crippen LogP contribution in [0.1, 0.15) is 18.9 Å². The number of carbonyl (C=O) groups excluding carboxylic acids is 1. The Kier molecular flexibility index (Phi) is 5.73. The SMILES string of the molecule is CCOCCCN1C(=O)/C(=C\c2ccccc2Cl)NC1=S. The number of thiocarbonyl (C=S) groups is 1. The minimum atomic E-state index is -0.128. The van der Waals surface area contributed by atoms with Crippen LogP contribution in [0.25, 0.3) is 6.08 Å². The summed E-state index contributed by atoms with van der Waals surface area (Å²) in [6.07, 6.45) is 2.47. The van der Waals surface area contributed by atoms with Crippen LogP contribution >= 0.6 is 23.8 Å². The summed E-state index contributed by atoms with van der Waals surface area (Å²) in [4.78, 5) is 13.9. The van der Waals surface area contributed by atoms with Gasteiger partial charge in [-0.3, -0.25) is 9.69 Å². The Morgan fingerprint density at radius 3 is 2.90 bits per heavy atom. The van der Waals surface area contributed by atoms with Crippen molar-refractivity contribution in [1.82, 2.24) is 10.2 Å². The van der Waals surface area contributed by atoms with Crippen LogP contribution < -0.4 is 5.32 Å². The highest BCUT2D eigenvalue weighted by Crippen LogP contribution is 2.20. The molecule has 2 rings (SSSR count). The Hall–Kier alpha value is -1.43. The minimum absolute atomic E-state index is 0.128. The van der Waals surface area contributed by atoms with Gasteiger partial charge in [-0.2, -0.15) is 0 Å². The van der Waals surface area contributed by atoms with Gasteiger partial charge in [0, 0.05) is 24.8 Å². The number of benzene rings is 1. The fraction of sp³-hybridized carbons (Fsp3) is 0.333. The van der Waals surface area contributed by atoms with E-state index in [1.165, 1.54) is 0 Å². The van der Waals surface area contributed by atoms with Gasteiger partial charge in [-0.1, -0.05) is 29.8 Å². The molecule has 1 fully saturated rings. The second-order valence-corrected chi connectivity index (χ2v) is 5.31. The number of amides is 1. The van der Waals surface area contributed by atoms with E-state index in [0.29, 0.717) is 35.6 Å². The van der Waals surface area contributed by atoms with Crippen molar-refractivity contribution in [3.05, 3.63) is 40.5 Å². The van der Waals surface area contributed by atoms with Crippen molar-refractivity contribution in [1.29, 1.82) is 0 Å². The lowest BCUT2D eigenvalue weighted by Crippen LogP contribution is -2.32. The molecule has 0 bridgehead atoms. The van der Waals surface area contributed by atoms with Gasteiger partial charge in [-0.25, -0.2) is 0 Å². The summed E-state index contributed by atoms with van der Waals surface area (Å²) in [5.74, 6) is -0.128. The summed E-state index contributed by atoms with van der Waals surface area (Å²) >= 11 is 11.3. The van der Waals surface area contributed by atoms with Crippen LogP contribution in [0.15, 0.2) is 30.0 Å². The van der Waals surface area contributed by atoms with Gasteiger partial charge < -0.3 is 10.1 Å². The molecule has 0 atom stereocenters. The highest BCUT2D eigenvalue weighted by atomic mass is 35.5. The molecule has 21 heavy (non-hydrogen) atoms. The topological polar surface area (TPSA) is 41.6 Å². The number of ether oxygens (including phenoxy) is 1. The number of nitrogens with one attached hydrogen (secondary N) is 1. The van der Waals surface area contributed by atoms with Gasteiger partial charge in [-0.05, 0) is 43.3 Å². The van der Waals surface area contributed by atoms with Crippen LogP contribution in [0.5, 0.6) is 0 Å². The summed E-state index contributed by atoms with van der Waals surface area (Å²) in [6, 6.07) is 7.35. The lowest BCUT2D eigenvalue weighted by molar-refractivity contribution is -0.122. The Morgan fingerprint density at radius 2 is 2.19 bits per heavy atom. The van der Waals surface area contributed by atoms with Crippen molar-refractivity contribution in [2.75, 3.05) is 19.8 Å². The molecule has 1 N–H and O–H groups in total. The predicted molar refractivity (Wildman–Crippen MR) is 88.0 cm³/mol. The van der Waals surface area contributed by atoms with Crippen molar-refractivity contribution in [3.8, 4) is 0 Å². The lowest BCUT2D eigenvalue weighted by Gasteiger charge is -2.13. The van der Waals surface area contributed by atoms with Crippen LogP contribution in [0.2, 0.25) is 5.02 Å². The Morgan fingerprint density at radius 1 is 1.43 bits per heavy atom. The Bertz CT molecular complexity index is 575. The fourth-order valence-electron chi connectivity index (χ4n) is 1.99. The maximum atomic E-state index is 12.3. The maximum absolute atomic E-state index is 12.3. The second kappa shape index (κ2) is 7.54. The molecule has 0 spiro atoms. The van der Waals surface area contributed by atoms with Crippen LogP contribution in [0.3, 0.4) is 0 Å². The summed E-state index contributed by atoms with van der Waals surface area (Å²) in [7, 11) is 0. The highest BCUT2D eigenvalue weighted by Gasteiger charge is 2.30. The standard InChI is InChI=1S/C15H17ClN2O2S/c1-2-20-9-5-8-18-14(19)13(17-15(18)21)10-11-6-3-4-7-12(11)16/h3-4,6-7,10H,2,5,8-9H2,1H3,(H,17,21)/b13-10+. The molecular weight excluding hydrogens is 308 g/mol. The molecule has 0 radical (unpaired) electrons. The zero-order valence-corrected chi connectivity index (χ0v) is 13.3. The first kappa shape index (κ1) is 15.9. The summed E-state index contributed by atoms with van der Waals surface area (Å²) in [5, 5.41) is 3.96. The summed E-state index contributed by atoms with van der Waals surface area (Å²) in [6.45, 7) is 3.78. The lowest BCUT2D eigenvalue weighted by atomic mass is 10.2. The van der Waals surface area contributed by atoms with Gasteiger partial charge in [0.1, 0.15) is 5.70 Å². The quantitative estimate of drug-likeness (QED) is 0.496. The third-order valence-corrected chi connectivity index (χ3v) is 3.71. The molecule has 1 aromatic rings. The van der Waals surface area contributed by atoms with E-state index >= 15 is 0 Å². The van der Waals surface area contributed by atoms with Gasteiger partial charge >= 0.3 is 0 Å². The number of rotatable bonds is 6. The minimum Gasteiger partial charge on any atom is -0.382 e. The molecule has 6 heteroatoms. The van der Waals surface area contributed by atoms with Crippen molar-refractivity contribution in [2.45, 2.75) is 13.3 Å². The molecule has 1 amide bonds. The average Bonchev–Trinajstić information content (AvgIpc) is 2.73. The first-order valence-corrected chi connectivity index (χ1v) is 7.59. The number of carbonyl (C=O) groups is 1. The normalized spacial score (nSPS) is 16.7. The van der Waals surface area contributed by atoms with E-state index in [4.69, 9.17) is 28.6 Å². The van der Waals surface area contributed by atoms with Crippen molar-refractivity contribution in [3.63, 3.8) is 0 Å². The Labute approximate surface area is 134 Å². The number of nitrogens with zero attached hydrogens (tertiary/aromatic N) is 1. The first-order valence-electron chi connectivity index (χ1n) is 6.80. The number of hydrogen-bond acceptors (Lipinski definition) is 3. The predicted octanol–water partition coefficient (Wildman–Crippen LogP) is 2.82. The first-order chi connectivity index (χ1) is 10.1. The molecule has 1 aliphatic heterocycles. The summed E-state index contributed by atoms with van der Waals surface area (Å²) < 4.78 is 5.27. The van der Waals surface area contributed by atoms with Crippen molar-refractivity contribution in [2.24, 2.45) is 0 Å². The Balaban J connectivity index is 2.06. The summed E-state index contributed by atoms with van der Waals surface area (Å²) in [5.41, 5.74) is 1.23. The molecule has 112 valence electrons. The fourth-order valence-corrected chi connectivity index (χ4v) is 2.47. The zero-order valence-electron chi connectivity index (χ0n) is 11.8. The van der Waals surface area contributed by atoms with Crippen molar-refractivity contribution >= 4 is 40.9 Å². The molecule has 1 saturated heterocycles. The second-order valence-electron chi connectivity index (χ2n) is 4.52. The largest absolute Gasteiger partial charge is 0.382 e. The molecule has 0 saturated carbocycles. The van der Waals surface area contributed by atoms with E-state index in [9.17, 15) is 4.79 Å².